The molecule has 194 valence electrons. The van der Waals surface area contributed by atoms with E-state index in [1.54, 1.807) is 7.11 Å². The van der Waals surface area contributed by atoms with Gasteiger partial charge in [0.25, 0.3) is 5.91 Å². The highest BCUT2D eigenvalue weighted by molar-refractivity contribution is 6.06. The monoisotopic (exact) mass is 506 g/mol. The van der Waals surface area contributed by atoms with Crippen LogP contribution in [-0.4, -0.2) is 37.0 Å². The van der Waals surface area contributed by atoms with Gasteiger partial charge in [0, 0.05) is 36.9 Å². The lowest BCUT2D eigenvalue weighted by Crippen LogP contribution is -2.47. The summed E-state index contributed by atoms with van der Waals surface area (Å²) in [5, 5.41) is 0. The first kappa shape index (κ1) is 25.6. The number of piperidine rings is 1. The molecule has 0 N–H and O–H groups in total. The number of hydrogen-bond acceptors (Lipinski definition) is 4. The van der Waals surface area contributed by atoms with E-state index in [4.69, 9.17) is 9.47 Å². The molecule has 0 spiro atoms. The Kier molecular flexibility index (Phi) is 8.05. The van der Waals surface area contributed by atoms with Gasteiger partial charge in [0.2, 0.25) is 0 Å². The van der Waals surface area contributed by atoms with Crippen LogP contribution in [0.15, 0.2) is 103 Å². The quantitative estimate of drug-likeness (QED) is 0.255. The highest BCUT2D eigenvalue weighted by atomic mass is 16.5. The number of carbonyl (C=O) groups excluding carboxylic acids is 1. The summed E-state index contributed by atoms with van der Waals surface area (Å²) in [6, 6.07) is 33.9. The van der Waals surface area contributed by atoms with Gasteiger partial charge in [0.05, 0.1) is 7.11 Å². The third-order valence-corrected chi connectivity index (χ3v) is 7.07. The molecule has 5 rings (SSSR count). The zero-order chi connectivity index (χ0) is 26.3. The summed E-state index contributed by atoms with van der Waals surface area (Å²) in [5.74, 6) is 2.50. The molecule has 1 saturated heterocycles. The maximum atomic E-state index is 13.7. The molecule has 1 aliphatic rings. The Balaban J connectivity index is 1.27. The van der Waals surface area contributed by atoms with E-state index in [1.165, 1.54) is 5.56 Å². The average molecular weight is 507 g/mol. The van der Waals surface area contributed by atoms with Crippen molar-refractivity contribution < 1.29 is 14.3 Å². The summed E-state index contributed by atoms with van der Waals surface area (Å²) in [4.78, 5) is 18.2. The Bertz CT molecular complexity index is 1330. The molecule has 1 fully saturated rings. The van der Waals surface area contributed by atoms with Crippen LogP contribution in [0, 0.1) is 6.92 Å². The molecule has 0 bridgehead atoms. The number of para-hydroxylation sites is 1. The van der Waals surface area contributed by atoms with Gasteiger partial charge < -0.3 is 14.4 Å². The topological polar surface area (TPSA) is 42.0 Å². The van der Waals surface area contributed by atoms with Crippen molar-refractivity contribution in [3.05, 3.63) is 120 Å². The van der Waals surface area contributed by atoms with Crippen molar-refractivity contribution >= 4 is 11.6 Å². The maximum Gasteiger partial charge on any atom is 0.258 e. The highest BCUT2D eigenvalue weighted by Gasteiger charge is 2.30. The lowest BCUT2D eigenvalue weighted by atomic mass is 10.00. The number of benzene rings is 4. The largest absolute Gasteiger partial charge is 0.497 e. The molecular weight excluding hydrogens is 472 g/mol. The number of amides is 1. The van der Waals surface area contributed by atoms with Gasteiger partial charge in [0.1, 0.15) is 17.2 Å². The van der Waals surface area contributed by atoms with Crippen molar-refractivity contribution in [2.24, 2.45) is 0 Å². The first-order valence-corrected chi connectivity index (χ1v) is 13.2. The van der Waals surface area contributed by atoms with Crippen molar-refractivity contribution in [3.8, 4) is 17.2 Å². The Hall–Kier alpha value is -4.09. The molecule has 0 unspecified atom stereocenters. The number of hydrogen-bond donors (Lipinski definition) is 0. The first-order chi connectivity index (χ1) is 18.6. The van der Waals surface area contributed by atoms with E-state index in [-0.39, 0.29) is 11.9 Å². The zero-order valence-electron chi connectivity index (χ0n) is 22.0. The molecule has 0 radical (unpaired) electrons. The van der Waals surface area contributed by atoms with E-state index in [2.05, 4.69) is 17.0 Å². The van der Waals surface area contributed by atoms with E-state index in [9.17, 15) is 4.79 Å². The van der Waals surface area contributed by atoms with Gasteiger partial charge in [-0.15, -0.1) is 0 Å². The number of methoxy groups -OCH3 is 1. The van der Waals surface area contributed by atoms with Crippen LogP contribution in [-0.2, 0) is 6.54 Å². The highest BCUT2D eigenvalue weighted by Crippen LogP contribution is 2.29. The fourth-order valence-corrected chi connectivity index (χ4v) is 5.00. The van der Waals surface area contributed by atoms with Crippen LogP contribution < -0.4 is 14.4 Å². The number of rotatable bonds is 8. The molecule has 4 aromatic rings. The lowest BCUT2D eigenvalue weighted by molar-refractivity contribution is 0.0958. The van der Waals surface area contributed by atoms with Gasteiger partial charge in [-0.05, 0) is 86.0 Å². The predicted octanol–water partition coefficient (Wildman–Crippen LogP) is 7.11. The molecule has 0 saturated carbocycles. The van der Waals surface area contributed by atoms with Crippen molar-refractivity contribution in [2.45, 2.75) is 32.4 Å². The normalized spacial score (nSPS) is 14.2. The van der Waals surface area contributed by atoms with Crippen molar-refractivity contribution in [1.29, 1.82) is 0 Å². The minimum Gasteiger partial charge on any atom is -0.497 e. The molecule has 38 heavy (non-hydrogen) atoms. The molecule has 5 heteroatoms. The second kappa shape index (κ2) is 12.0. The SMILES string of the molecule is COc1ccc(N(C(=O)c2ccc(C)cc2)C2CCN(Cc3cccc(Oc4ccccc4)c3)CC2)cc1. The number of aryl methyl sites for hydroxylation is 1. The van der Waals surface area contributed by atoms with Gasteiger partial charge in [-0.3, -0.25) is 9.69 Å². The lowest BCUT2D eigenvalue weighted by Gasteiger charge is -2.38. The predicted molar refractivity (Wildman–Crippen MR) is 152 cm³/mol. The average Bonchev–Trinajstić information content (AvgIpc) is 2.95. The van der Waals surface area contributed by atoms with Gasteiger partial charge in [-0.1, -0.05) is 48.0 Å². The standard InChI is InChI=1S/C33H34N2O3/c1-25-11-13-27(14-12-25)33(36)35(28-15-17-30(37-2)18-16-28)29-19-21-34(22-20-29)24-26-7-6-10-32(23-26)38-31-8-4-3-5-9-31/h3-18,23,29H,19-22,24H2,1-2H3. The van der Waals surface area contributed by atoms with E-state index in [1.807, 2.05) is 103 Å². The minimum absolute atomic E-state index is 0.0411. The van der Waals surface area contributed by atoms with Crippen LogP contribution in [0.25, 0.3) is 0 Å². The number of likely N-dealkylation sites (tertiary alicyclic amines) is 1. The molecule has 4 aromatic carbocycles. The minimum atomic E-state index is 0.0411. The van der Waals surface area contributed by atoms with Crippen LogP contribution >= 0.6 is 0 Å². The fourth-order valence-electron chi connectivity index (χ4n) is 5.00. The summed E-state index contributed by atoms with van der Waals surface area (Å²) in [7, 11) is 1.66. The summed E-state index contributed by atoms with van der Waals surface area (Å²) in [5.41, 5.74) is 3.98. The van der Waals surface area contributed by atoms with Crippen molar-refractivity contribution in [2.75, 3.05) is 25.1 Å². The van der Waals surface area contributed by atoms with E-state index < -0.39 is 0 Å². The van der Waals surface area contributed by atoms with Crippen LogP contribution in [0.3, 0.4) is 0 Å². The first-order valence-electron chi connectivity index (χ1n) is 13.2. The number of nitrogens with zero attached hydrogens (tertiary/aromatic N) is 2. The maximum absolute atomic E-state index is 13.7. The molecule has 0 atom stereocenters. The third kappa shape index (κ3) is 6.24. The molecule has 0 aliphatic carbocycles. The second-order valence-electron chi connectivity index (χ2n) is 9.81. The summed E-state index contributed by atoms with van der Waals surface area (Å²) >= 11 is 0. The van der Waals surface area contributed by atoms with Crippen molar-refractivity contribution in [1.82, 2.24) is 4.90 Å². The van der Waals surface area contributed by atoms with Gasteiger partial charge >= 0.3 is 0 Å². The van der Waals surface area contributed by atoms with E-state index >= 15 is 0 Å². The number of carbonyl (C=O) groups is 1. The number of ether oxygens (including phenoxy) is 2. The molecule has 5 nitrogen and oxygen atoms in total. The van der Waals surface area contributed by atoms with E-state index in [0.29, 0.717) is 5.56 Å². The number of anilines is 1. The van der Waals surface area contributed by atoms with Crippen LogP contribution in [0.2, 0.25) is 0 Å². The third-order valence-electron chi connectivity index (χ3n) is 7.07. The van der Waals surface area contributed by atoms with Crippen LogP contribution in [0.5, 0.6) is 17.2 Å². The Morgan fingerprint density at radius 3 is 2.18 bits per heavy atom. The van der Waals surface area contributed by atoms with Crippen LogP contribution in [0.1, 0.15) is 34.3 Å². The molecular formula is C33H34N2O3. The molecule has 1 aliphatic heterocycles. The Morgan fingerprint density at radius 2 is 1.50 bits per heavy atom. The van der Waals surface area contributed by atoms with Crippen molar-refractivity contribution in [3.63, 3.8) is 0 Å². The second-order valence-corrected chi connectivity index (χ2v) is 9.81. The molecule has 1 amide bonds. The van der Waals surface area contributed by atoms with Crippen LogP contribution in [0.4, 0.5) is 5.69 Å². The van der Waals surface area contributed by atoms with Gasteiger partial charge in [0.15, 0.2) is 0 Å². The Morgan fingerprint density at radius 1 is 0.816 bits per heavy atom. The fraction of sp³-hybridized carbons (Fsp3) is 0.242. The summed E-state index contributed by atoms with van der Waals surface area (Å²) in [6.45, 7) is 4.73. The summed E-state index contributed by atoms with van der Waals surface area (Å²) in [6.07, 6.45) is 1.81. The molecule has 0 aromatic heterocycles. The van der Waals surface area contributed by atoms with Gasteiger partial charge in [-0.25, -0.2) is 0 Å². The zero-order valence-corrected chi connectivity index (χ0v) is 22.0. The summed E-state index contributed by atoms with van der Waals surface area (Å²) < 4.78 is 11.4. The van der Waals surface area contributed by atoms with E-state index in [0.717, 1.165) is 61.0 Å². The van der Waals surface area contributed by atoms with Gasteiger partial charge in [-0.2, -0.15) is 0 Å². The Labute approximate surface area is 225 Å². The molecule has 1 heterocycles. The smallest absolute Gasteiger partial charge is 0.258 e.